The van der Waals surface area contributed by atoms with E-state index in [1.54, 1.807) is 0 Å². The zero-order valence-electron chi connectivity index (χ0n) is 15.1. The summed E-state index contributed by atoms with van der Waals surface area (Å²) in [5, 5.41) is 0. The molecule has 0 N–H and O–H groups in total. The lowest BCUT2D eigenvalue weighted by atomic mass is 9.93. The third kappa shape index (κ3) is 3.47. The number of hydrogen-bond donors (Lipinski definition) is 0. The van der Waals surface area contributed by atoms with Gasteiger partial charge in [0.1, 0.15) is 0 Å². The zero-order chi connectivity index (χ0) is 17.2. The molecule has 1 amide bonds. The monoisotopic (exact) mass is 331 g/mol. The quantitative estimate of drug-likeness (QED) is 0.853. The number of ether oxygens (including phenoxy) is 1. The molecule has 5 nitrogen and oxygen atoms in total. The molecule has 2 aliphatic heterocycles. The number of hydrogen-bond acceptors (Lipinski definition) is 4. The van der Waals surface area contributed by atoms with Crippen LogP contribution in [0, 0.1) is 6.92 Å². The van der Waals surface area contributed by atoms with Crippen molar-refractivity contribution in [2.24, 2.45) is 0 Å². The van der Waals surface area contributed by atoms with Gasteiger partial charge >= 0.3 is 0 Å². The first kappa shape index (κ1) is 17.4. The number of nitrogens with zero attached hydrogens (tertiary/aromatic N) is 3. The number of rotatable bonds is 3. The van der Waals surface area contributed by atoms with Gasteiger partial charge in [-0.25, -0.2) is 0 Å². The van der Waals surface area contributed by atoms with Gasteiger partial charge in [-0.15, -0.1) is 0 Å². The van der Waals surface area contributed by atoms with Crippen molar-refractivity contribution in [1.29, 1.82) is 0 Å². The average molecular weight is 331 g/mol. The summed E-state index contributed by atoms with van der Waals surface area (Å²) in [6.07, 6.45) is 6.70. The maximum absolute atomic E-state index is 13.2. The Kier molecular flexibility index (Phi) is 5.21. The Labute approximate surface area is 145 Å². The molecule has 5 heteroatoms. The van der Waals surface area contributed by atoms with Gasteiger partial charge in [-0.05, 0) is 57.2 Å². The summed E-state index contributed by atoms with van der Waals surface area (Å²) >= 11 is 0. The summed E-state index contributed by atoms with van der Waals surface area (Å²) in [4.78, 5) is 21.7. The fourth-order valence-electron chi connectivity index (χ4n) is 3.85. The molecule has 1 aromatic rings. The van der Waals surface area contributed by atoms with E-state index < -0.39 is 5.60 Å². The molecule has 3 rings (SSSR count). The van der Waals surface area contributed by atoms with Gasteiger partial charge in [0, 0.05) is 44.6 Å². The van der Waals surface area contributed by atoms with Crippen LogP contribution in [0.4, 0.5) is 0 Å². The Morgan fingerprint density at radius 2 is 2.17 bits per heavy atom. The number of aryl methyl sites for hydroxylation is 1. The molecule has 0 saturated carbocycles. The highest BCUT2D eigenvalue weighted by Gasteiger charge is 2.47. The second-order valence-corrected chi connectivity index (χ2v) is 7.40. The minimum absolute atomic E-state index is 0.186. The van der Waals surface area contributed by atoms with Crippen molar-refractivity contribution >= 4 is 5.91 Å². The van der Waals surface area contributed by atoms with Crippen LogP contribution < -0.4 is 0 Å². The number of pyridine rings is 1. The average Bonchev–Trinajstić information content (AvgIpc) is 2.70. The molecule has 3 heterocycles. The van der Waals surface area contributed by atoms with E-state index in [2.05, 4.69) is 36.7 Å². The predicted octanol–water partition coefficient (Wildman–Crippen LogP) is 2.38. The molecule has 1 unspecified atom stereocenters. The summed E-state index contributed by atoms with van der Waals surface area (Å²) in [5.41, 5.74) is 1.83. The Hall–Kier alpha value is -1.46. The van der Waals surface area contributed by atoms with Gasteiger partial charge in [0.25, 0.3) is 5.91 Å². The Morgan fingerprint density at radius 1 is 1.33 bits per heavy atom. The molecule has 0 aliphatic carbocycles. The first-order valence-corrected chi connectivity index (χ1v) is 9.09. The SMILES string of the molecule is Cc1cnccc1CN1CCOC2(CCCCN(C(C)C)C2=O)C1. The van der Waals surface area contributed by atoms with E-state index in [1.807, 2.05) is 17.3 Å². The van der Waals surface area contributed by atoms with Crippen molar-refractivity contribution in [2.45, 2.75) is 58.2 Å². The largest absolute Gasteiger partial charge is 0.362 e. The molecule has 2 fully saturated rings. The summed E-state index contributed by atoms with van der Waals surface area (Å²) < 4.78 is 6.13. The van der Waals surface area contributed by atoms with E-state index in [-0.39, 0.29) is 11.9 Å². The summed E-state index contributed by atoms with van der Waals surface area (Å²) in [6, 6.07) is 2.31. The van der Waals surface area contributed by atoms with Crippen LogP contribution in [0.25, 0.3) is 0 Å². The Morgan fingerprint density at radius 3 is 2.92 bits per heavy atom. The number of carbonyl (C=O) groups is 1. The van der Waals surface area contributed by atoms with Crippen molar-refractivity contribution in [3.63, 3.8) is 0 Å². The third-order valence-electron chi connectivity index (χ3n) is 5.30. The third-order valence-corrected chi connectivity index (χ3v) is 5.30. The normalized spacial score (nSPS) is 26.2. The fraction of sp³-hybridized carbons (Fsp3) is 0.684. The molecular formula is C19H29N3O2. The van der Waals surface area contributed by atoms with Gasteiger partial charge in [-0.3, -0.25) is 14.7 Å². The lowest BCUT2D eigenvalue weighted by Gasteiger charge is -2.43. The van der Waals surface area contributed by atoms with Crippen LogP contribution in [0.5, 0.6) is 0 Å². The van der Waals surface area contributed by atoms with Gasteiger partial charge in [-0.2, -0.15) is 0 Å². The van der Waals surface area contributed by atoms with E-state index in [0.717, 1.165) is 38.9 Å². The maximum atomic E-state index is 13.2. The van der Waals surface area contributed by atoms with Gasteiger partial charge in [0.15, 0.2) is 5.60 Å². The van der Waals surface area contributed by atoms with Gasteiger partial charge < -0.3 is 9.64 Å². The summed E-state index contributed by atoms with van der Waals surface area (Å²) in [7, 11) is 0. The van der Waals surface area contributed by atoms with E-state index in [1.165, 1.54) is 11.1 Å². The molecule has 24 heavy (non-hydrogen) atoms. The summed E-state index contributed by atoms with van der Waals surface area (Å²) in [5.74, 6) is 0.186. The van der Waals surface area contributed by atoms with Gasteiger partial charge in [0.2, 0.25) is 0 Å². The highest BCUT2D eigenvalue weighted by Crippen LogP contribution is 2.31. The number of amides is 1. The van der Waals surface area contributed by atoms with Crippen molar-refractivity contribution < 1.29 is 9.53 Å². The van der Waals surface area contributed by atoms with E-state index in [4.69, 9.17) is 4.74 Å². The topological polar surface area (TPSA) is 45.7 Å². The van der Waals surface area contributed by atoms with E-state index >= 15 is 0 Å². The standard InChI is InChI=1S/C19H29N3O2/c1-15(2)22-9-5-4-7-19(18(22)23)14-21(10-11-24-19)13-17-6-8-20-12-16(17)3/h6,8,12,15H,4-5,7,9-11,13-14H2,1-3H3. The second-order valence-electron chi connectivity index (χ2n) is 7.40. The van der Waals surface area contributed by atoms with E-state index in [0.29, 0.717) is 13.2 Å². The number of aromatic nitrogens is 1. The molecule has 1 spiro atoms. The first-order valence-electron chi connectivity index (χ1n) is 9.09. The zero-order valence-corrected chi connectivity index (χ0v) is 15.1. The van der Waals surface area contributed by atoms with Crippen LogP contribution in [0.2, 0.25) is 0 Å². The molecule has 132 valence electrons. The van der Waals surface area contributed by atoms with E-state index in [9.17, 15) is 4.79 Å². The smallest absolute Gasteiger partial charge is 0.256 e. The number of morpholine rings is 1. The molecule has 2 saturated heterocycles. The summed E-state index contributed by atoms with van der Waals surface area (Å²) in [6.45, 7) is 10.2. The fourth-order valence-corrected chi connectivity index (χ4v) is 3.85. The number of likely N-dealkylation sites (tertiary alicyclic amines) is 1. The van der Waals surface area contributed by atoms with Crippen molar-refractivity contribution in [3.05, 3.63) is 29.6 Å². The second kappa shape index (κ2) is 7.19. The van der Waals surface area contributed by atoms with Crippen LogP contribution in [0.15, 0.2) is 18.5 Å². The van der Waals surface area contributed by atoms with Crippen molar-refractivity contribution in [2.75, 3.05) is 26.2 Å². The minimum atomic E-state index is -0.653. The predicted molar refractivity (Wildman–Crippen MR) is 93.6 cm³/mol. The minimum Gasteiger partial charge on any atom is -0.362 e. The van der Waals surface area contributed by atoms with Gasteiger partial charge in [-0.1, -0.05) is 0 Å². The molecular weight excluding hydrogens is 302 g/mol. The highest BCUT2D eigenvalue weighted by atomic mass is 16.5. The molecule has 1 aromatic heterocycles. The van der Waals surface area contributed by atoms with Crippen LogP contribution in [0.3, 0.4) is 0 Å². The Balaban J connectivity index is 1.78. The molecule has 0 bridgehead atoms. The molecule has 1 atom stereocenters. The lowest BCUT2D eigenvalue weighted by molar-refractivity contribution is -0.172. The van der Waals surface area contributed by atoms with Crippen LogP contribution in [0.1, 0.15) is 44.2 Å². The van der Waals surface area contributed by atoms with Crippen LogP contribution >= 0.6 is 0 Å². The first-order chi connectivity index (χ1) is 11.5. The van der Waals surface area contributed by atoms with Crippen LogP contribution in [-0.2, 0) is 16.1 Å². The maximum Gasteiger partial charge on any atom is 0.256 e. The van der Waals surface area contributed by atoms with Crippen molar-refractivity contribution in [1.82, 2.24) is 14.8 Å². The molecule has 0 aromatic carbocycles. The van der Waals surface area contributed by atoms with Crippen molar-refractivity contribution in [3.8, 4) is 0 Å². The van der Waals surface area contributed by atoms with Crippen LogP contribution in [-0.4, -0.2) is 58.6 Å². The highest BCUT2D eigenvalue weighted by molar-refractivity contribution is 5.86. The number of carbonyl (C=O) groups excluding carboxylic acids is 1. The Bertz CT molecular complexity index is 590. The van der Waals surface area contributed by atoms with Gasteiger partial charge in [0.05, 0.1) is 6.61 Å². The molecule has 2 aliphatic rings. The molecule has 0 radical (unpaired) electrons. The lowest BCUT2D eigenvalue weighted by Crippen LogP contribution is -2.60.